The van der Waals surface area contributed by atoms with E-state index in [1.165, 1.54) is 154 Å². The Balaban J connectivity index is 4.07. The van der Waals surface area contributed by atoms with Gasteiger partial charge in [0.15, 0.2) is 8.32 Å². The summed E-state index contributed by atoms with van der Waals surface area (Å²) >= 11 is 0. The molecule has 0 aliphatic heterocycles. The summed E-state index contributed by atoms with van der Waals surface area (Å²) < 4.78 is 18.4. The van der Waals surface area contributed by atoms with Crippen LogP contribution in [0.25, 0.3) is 0 Å². The van der Waals surface area contributed by atoms with E-state index in [0.29, 0.717) is 19.6 Å². The van der Waals surface area contributed by atoms with Crippen molar-refractivity contribution in [2.75, 3.05) is 19.8 Å². The monoisotopic (exact) mass is 669 g/mol. The Morgan fingerprint density at radius 1 is 0.522 bits per heavy atom. The Kier molecular flexibility index (Phi) is 31.6. The Bertz CT molecular complexity index is 645. The molecular weight excluding hydrogens is 585 g/mol. The van der Waals surface area contributed by atoms with Gasteiger partial charge in [0, 0.05) is 13.0 Å². The number of rotatable bonds is 35. The van der Waals surface area contributed by atoms with Crippen molar-refractivity contribution in [2.45, 2.75) is 239 Å². The number of ether oxygens (including phenoxy) is 2. The molecule has 0 aromatic rings. The van der Waals surface area contributed by atoms with Crippen LogP contribution in [0.4, 0.5) is 0 Å². The largest absolute Gasteiger partial charge is 0.457 e. The van der Waals surface area contributed by atoms with E-state index in [-0.39, 0.29) is 17.1 Å². The van der Waals surface area contributed by atoms with Crippen LogP contribution in [0.1, 0.15) is 214 Å². The summed E-state index contributed by atoms with van der Waals surface area (Å²) in [5.74, 6) is -0.0907. The molecule has 5 heteroatoms. The van der Waals surface area contributed by atoms with E-state index in [1.54, 1.807) is 0 Å². The van der Waals surface area contributed by atoms with E-state index in [9.17, 15) is 4.79 Å². The molecule has 0 heterocycles. The van der Waals surface area contributed by atoms with Gasteiger partial charge < -0.3 is 13.9 Å². The molecule has 0 aliphatic carbocycles. The van der Waals surface area contributed by atoms with Gasteiger partial charge in [0.2, 0.25) is 0 Å². The molecular formula is C41H84O4Si. The number of hydrogen-bond acceptors (Lipinski definition) is 4. The van der Waals surface area contributed by atoms with E-state index >= 15 is 0 Å². The van der Waals surface area contributed by atoms with Crippen LogP contribution in [-0.4, -0.2) is 40.2 Å². The van der Waals surface area contributed by atoms with Crippen molar-refractivity contribution < 1.29 is 18.7 Å². The van der Waals surface area contributed by atoms with Crippen LogP contribution in [0.2, 0.25) is 18.1 Å². The minimum absolute atomic E-state index is 0.0907. The molecule has 4 nitrogen and oxygen atoms in total. The number of esters is 1. The lowest BCUT2D eigenvalue weighted by Crippen LogP contribution is -2.44. The molecule has 1 atom stereocenters. The van der Waals surface area contributed by atoms with Crippen LogP contribution in [0.15, 0.2) is 0 Å². The van der Waals surface area contributed by atoms with Crippen LogP contribution in [0.3, 0.4) is 0 Å². The molecule has 0 saturated carbocycles. The summed E-state index contributed by atoms with van der Waals surface area (Å²) in [6.07, 6.45) is 36.2. The van der Waals surface area contributed by atoms with Crippen molar-refractivity contribution in [3.05, 3.63) is 0 Å². The summed E-state index contributed by atoms with van der Waals surface area (Å²) in [7, 11) is -1.92. The van der Waals surface area contributed by atoms with Gasteiger partial charge in [-0.1, -0.05) is 195 Å². The van der Waals surface area contributed by atoms with Gasteiger partial charge in [0.05, 0.1) is 13.2 Å². The lowest BCUT2D eigenvalue weighted by Gasteiger charge is -2.37. The Morgan fingerprint density at radius 2 is 0.870 bits per heavy atom. The number of hydrogen-bond donors (Lipinski definition) is 0. The summed E-state index contributed by atoms with van der Waals surface area (Å²) in [6.45, 7) is 17.5. The minimum atomic E-state index is -1.92. The van der Waals surface area contributed by atoms with Crippen LogP contribution < -0.4 is 0 Å². The van der Waals surface area contributed by atoms with Crippen molar-refractivity contribution in [3.63, 3.8) is 0 Å². The van der Waals surface area contributed by atoms with Gasteiger partial charge in [-0.15, -0.1) is 0 Å². The first kappa shape index (κ1) is 45.6. The molecule has 46 heavy (non-hydrogen) atoms. The first-order valence-electron chi connectivity index (χ1n) is 20.5. The Labute approximate surface area is 290 Å². The van der Waals surface area contributed by atoms with Crippen LogP contribution in [-0.2, 0) is 18.7 Å². The van der Waals surface area contributed by atoms with Crippen LogP contribution in [0, 0.1) is 0 Å². The second kappa shape index (κ2) is 31.8. The van der Waals surface area contributed by atoms with E-state index in [4.69, 9.17) is 13.9 Å². The van der Waals surface area contributed by atoms with E-state index in [2.05, 4.69) is 47.7 Å². The van der Waals surface area contributed by atoms with Crippen molar-refractivity contribution in [3.8, 4) is 0 Å². The highest BCUT2D eigenvalue weighted by Crippen LogP contribution is 2.36. The summed E-state index contributed by atoms with van der Waals surface area (Å²) in [5.41, 5.74) is 0. The van der Waals surface area contributed by atoms with Crippen molar-refractivity contribution in [1.29, 1.82) is 0 Å². The SMILES string of the molecule is CCCCCCCCCCCCCCCCOC[C@@H](CO[Si](C)(C)C(C)(C)C)OC(=O)CCCCCCCCCCCCCCC. The number of carbonyl (C=O) groups excluding carboxylic acids is 1. The highest BCUT2D eigenvalue weighted by molar-refractivity contribution is 6.74. The van der Waals surface area contributed by atoms with Gasteiger partial charge in [-0.2, -0.15) is 0 Å². The van der Waals surface area contributed by atoms with Crippen LogP contribution in [0.5, 0.6) is 0 Å². The Morgan fingerprint density at radius 3 is 1.24 bits per heavy atom. The van der Waals surface area contributed by atoms with E-state index < -0.39 is 8.32 Å². The predicted octanol–water partition coefficient (Wildman–Crippen LogP) is 13.9. The predicted molar refractivity (Wildman–Crippen MR) is 204 cm³/mol. The summed E-state index contributed by atoms with van der Waals surface area (Å²) in [4.78, 5) is 12.7. The summed E-state index contributed by atoms with van der Waals surface area (Å²) in [5, 5.41) is 0.130. The molecule has 0 unspecified atom stereocenters. The second-order valence-electron chi connectivity index (χ2n) is 15.8. The summed E-state index contributed by atoms with van der Waals surface area (Å²) in [6, 6.07) is 0. The molecule has 0 aliphatic rings. The highest BCUT2D eigenvalue weighted by Gasteiger charge is 2.38. The lowest BCUT2D eigenvalue weighted by molar-refractivity contribution is -0.154. The molecule has 0 rings (SSSR count). The molecule has 0 N–H and O–H groups in total. The lowest BCUT2D eigenvalue weighted by atomic mass is 10.0. The molecule has 0 spiro atoms. The van der Waals surface area contributed by atoms with Gasteiger partial charge in [-0.3, -0.25) is 4.79 Å². The first-order valence-corrected chi connectivity index (χ1v) is 23.5. The number of carbonyl (C=O) groups is 1. The zero-order chi connectivity index (χ0) is 34.2. The maximum Gasteiger partial charge on any atom is 0.306 e. The molecule has 0 aromatic heterocycles. The zero-order valence-corrected chi connectivity index (χ0v) is 33.6. The third kappa shape index (κ3) is 29.7. The van der Waals surface area contributed by atoms with Crippen molar-refractivity contribution >= 4 is 14.3 Å². The zero-order valence-electron chi connectivity index (χ0n) is 32.6. The fourth-order valence-corrected chi connectivity index (χ4v) is 6.81. The topological polar surface area (TPSA) is 44.8 Å². The maximum atomic E-state index is 12.7. The van der Waals surface area contributed by atoms with Gasteiger partial charge in [-0.25, -0.2) is 0 Å². The average molecular weight is 669 g/mol. The molecule has 0 radical (unpaired) electrons. The Hall–Kier alpha value is -0.393. The normalized spacial score (nSPS) is 12.9. The smallest absolute Gasteiger partial charge is 0.306 e. The third-order valence-electron chi connectivity index (χ3n) is 10.2. The first-order chi connectivity index (χ1) is 22.1. The molecule has 0 fully saturated rings. The third-order valence-corrected chi connectivity index (χ3v) is 14.7. The van der Waals surface area contributed by atoms with Crippen LogP contribution >= 0.6 is 0 Å². The van der Waals surface area contributed by atoms with Gasteiger partial charge in [-0.05, 0) is 31.0 Å². The molecule has 0 amide bonds. The van der Waals surface area contributed by atoms with Crippen molar-refractivity contribution in [2.24, 2.45) is 0 Å². The molecule has 0 saturated heterocycles. The fraction of sp³-hybridized carbons (Fsp3) is 0.976. The number of unbranched alkanes of at least 4 members (excludes halogenated alkanes) is 25. The average Bonchev–Trinajstić information content (AvgIpc) is 3.01. The van der Waals surface area contributed by atoms with E-state index in [1.807, 2.05) is 0 Å². The molecule has 0 aromatic carbocycles. The highest BCUT2D eigenvalue weighted by atomic mass is 28.4. The van der Waals surface area contributed by atoms with Gasteiger partial charge in [0.1, 0.15) is 6.10 Å². The molecule has 276 valence electrons. The fourth-order valence-electron chi connectivity index (χ4n) is 5.78. The standard InChI is InChI=1S/C41H84O4Si/c1-8-10-12-14-16-18-20-22-24-26-28-30-32-34-36-43-37-39(38-44-46(6,7)41(3,4)5)45-40(42)35-33-31-29-27-25-23-21-19-17-15-13-11-9-2/h39H,8-38H2,1-7H3/t39-/m0/s1. The van der Waals surface area contributed by atoms with E-state index in [0.717, 1.165) is 25.9 Å². The van der Waals surface area contributed by atoms with Crippen molar-refractivity contribution in [1.82, 2.24) is 0 Å². The second-order valence-corrected chi connectivity index (χ2v) is 20.7. The minimum Gasteiger partial charge on any atom is -0.457 e. The van der Waals surface area contributed by atoms with Gasteiger partial charge in [0.25, 0.3) is 0 Å². The maximum absolute atomic E-state index is 12.7. The quantitative estimate of drug-likeness (QED) is 0.0383. The van der Waals surface area contributed by atoms with Gasteiger partial charge >= 0.3 is 5.97 Å². The molecule has 0 bridgehead atoms.